The fourth-order valence-electron chi connectivity index (χ4n) is 8.44. The quantitative estimate of drug-likeness (QED) is 0.141. The van der Waals surface area contributed by atoms with Crippen molar-refractivity contribution in [1.29, 1.82) is 5.26 Å². The SMILES string of the molecule is Cc1cc(C)cc(-c2[nH]c3ccc(C(C)(C)C(=O)N4CCCC4)cc3c2C2CCCN(C(=NC#N)N3CCC(c4ccncc4)C3)C2)c1. The summed E-state index contributed by atoms with van der Waals surface area (Å²) >= 11 is 0. The van der Waals surface area contributed by atoms with Crippen LogP contribution in [0.4, 0.5) is 0 Å². The lowest BCUT2D eigenvalue weighted by Crippen LogP contribution is -2.47. The van der Waals surface area contributed by atoms with Gasteiger partial charge in [0.2, 0.25) is 18.1 Å². The van der Waals surface area contributed by atoms with Gasteiger partial charge in [-0.15, -0.1) is 4.99 Å². The molecule has 8 nitrogen and oxygen atoms in total. The summed E-state index contributed by atoms with van der Waals surface area (Å²) in [7, 11) is 0. The highest BCUT2D eigenvalue weighted by Crippen LogP contribution is 2.42. The van der Waals surface area contributed by atoms with E-state index in [2.05, 4.69) is 107 Å². The molecule has 0 aliphatic carbocycles. The molecule has 5 heterocycles. The summed E-state index contributed by atoms with van der Waals surface area (Å²) in [5, 5.41) is 11.0. The van der Waals surface area contributed by atoms with Gasteiger partial charge >= 0.3 is 0 Å². The van der Waals surface area contributed by atoms with E-state index in [9.17, 15) is 10.1 Å². The molecule has 7 rings (SSSR count). The van der Waals surface area contributed by atoms with Crippen LogP contribution in [0.25, 0.3) is 22.2 Å². The van der Waals surface area contributed by atoms with Gasteiger partial charge in [0.25, 0.3) is 0 Å². The van der Waals surface area contributed by atoms with E-state index < -0.39 is 5.41 Å². The normalized spacial score (nSPS) is 20.5. The number of fused-ring (bicyclic) bond motifs is 1. The number of H-pyrrole nitrogens is 1. The zero-order chi connectivity index (χ0) is 33.4. The van der Waals surface area contributed by atoms with Crippen molar-refractivity contribution in [2.24, 2.45) is 4.99 Å². The van der Waals surface area contributed by atoms with Crippen molar-refractivity contribution in [2.45, 2.75) is 77.0 Å². The Morgan fingerprint density at radius 3 is 2.29 bits per heavy atom. The summed E-state index contributed by atoms with van der Waals surface area (Å²) in [5.41, 5.74) is 8.93. The number of nitrogens with zero attached hydrogens (tertiary/aromatic N) is 6. The molecule has 2 aromatic carbocycles. The summed E-state index contributed by atoms with van der Waals surface area (Å²) in [4.78, 5) is 33.0. The van der Waals surface area contributed by atoms with Gasteiger partial charge in [0, 0.05) is 74.4 Å². The van der Waals surface area contributed by atoms with Crippen molar-refractivity contribution in [3.05, 3.63) is 88.7 Å². The van der Waals surface area contributed by atoms with Crippen LogP contribution in [0.3, 0.4) is 0 Å². The molecular formula is C40H47N7O. The van der Waals surface area contributed by atoms with Crippen LogP contribution in [0.1, 0.15) is 85.6 Å². The molecule has 248 valence electrons. The van der Waals surface area contributed by atoms with Crippen LogP contribution in [0.15, 0.2) is 65.9 Å². The minimum absolute atomic E-state index is 0.211. The number of pyridine rings is 1. The first-order valence-corrected chi connectivity index (χ1v) is 17.6. The van der Waals surface area contributed by atoms with Crippen LogP contribution in [0, 0.1) is 25.3 Å². The number of aromatic nitrogens is 2. The Hall–Kier alpha value is -4.64. The molecule has 3 aliphatic heterocycles. The Balaban J connectivity index is 1.26. The standard InChI is InChI=1S/C40H47N7O/c1-27-20-28(2)22-32(21-27)37-36(34-23-33(9-10-35(34)44-37)40(3,4)38(48)45-16-5-6-17-45)31-8-7-18-46(25-31)39(43-26-41)47-19-13-30(24-47)29-11-14-42-15-12-29/h9-12,14-15,20-23,30-31,44H,5-8,13,16-19,24-25H2,1-4H3. The van der Waals surface area contributed by atoms with Crippen molar-refractivity contribution in [1.82, 2.24) is 24.7 Å². The lowest BCUT2D eigenvalue weighted by molar-refractivity contribution is -0.135. The third-order valence-electron chi connectivity index (χ3n) is 10.9. The Labute approximate surface area is 284 Å². The molecule has 0 bridgehead atoms. The van der Waals surface area contributed by atoms with Crippen molar-refractivity contribution in [3.63, 3.8) is 0 Å². The zero-order valence-corrected chi connectivity index (χ0v) is 28.8. The van der Waals surface area contributed by atoms with E-state index in [1.165, 1.54) is 33.2 Å². The van der Waals surface area contributed by atoms with Crippen LogP contribution in [0.5, 0.6) is 0 Å². The molecule has 0 radical (unpaired) electrons. The number of nitrogens with one attached hydrogen (secondary N) is 1. The molecule has 1 N–H and O–H groups in total. The number of amides is 1. The third kappa shape index (κ3) is 6.07. The number of hydrogen-bond donors (Lipinski definition) is 1. The molecule has 0 spiro atoms. The Bertz CT molecular complexity index is 1860. The van der Waals surface area contributed by atoms with E-state index in [4.69, 9.17) is 0 Å². The van der Waals surface area contributed by atoms with Crippen LogP contribution in [-0.2, 0) is 10.2 Å². The second-order valence-corrected chi connectivity index (χ2v) is 14.7. The summed E-state index contributed by atoms with van der Waals surface area (Å²) in [6.07, 6.45) is 11.1. The Kier molecular flexibility index (Phi) is 8.72. The van der Waals surface area contributed by atoms with Gasteiger partial charge in [0.05, 0.1) is 11.1 Å². The minimum Gasteiger partial charge on any atom is -0.354 e. The molecule has 8 heteroatoms. The monoisotopic (exact) mass is 641 g/mol. The number of carbonyl (C=O) groups is 1. The van der Waals surface area contributed by atoms with Crippen molar-refractivity contribution in [3.8, 4) is 17.5 Å². The number of benzene rings is 2. The van der Waals surface area contributed by atoms with Gasteiger partial charge in [0.1, 0.15) is 0 Å². The topological polar surface area (TPSA) is 91.6 Å². The number of guanidine groups is 1. The van der Waals surface area contributed by atoms with Crippen LogP contribution in [0.2, 0.25) is 0 Å². The smallest absolute Gasteiger partial charge is 0.232 e. The molecule has 0 saturated carbocycles. The maximum absolute atomic E-state index is 13.8. The number of likely N-dealkylation sites (tertiary alicyclic amines) is 3. The zero-order valence-electron chi connectivity index (χ0n) is 28.8. The van der Waals surface area contributed by atoms with E-state index in [0.717, 1.165) is 94.1 Å². The lowest BCUT2D eigenvalue weighted by Gasteiger charge is -2.38. The summed E-state index contributed by atoms with van der Waals surface area (Å²) in [5.74, 6) is 1.62. The first kappa shape index (κ1) is 31.9. The molecule has 4 aromatic rings. The fourth-order valence-corrected chi connectivity index (χ4v) is 8.44. The highest BCUT2D eigenvalue weighted by Gasteiger charge is 2.37. The largest absolute Gasteiger partial charge is 0.354 e. The van der Waals surface area contributed by atoms with E-state index >= 15 is 0 Å². The maximum atomic E-state index is 13.8. The fraction of sp³-hybridized carbons (Fsp3) is 0.450. The van der Waals surface area contributed by atoms with Crippen LogP contribution in [-0.4, -0.2) is 75.8 Å². The predicted octanol–water partition coefficient (Wildman–Crippen LogP) is 7.25. The van der Waals surface area contributed by atoms with Crippen LogP contribution < -0.4 is 0 Å². The Morgan fingerprint density at radius 1 is 0.875 bits per heavy atom. The minimum atomic E-state index is -0.626. The molecule has 48 heavy (non-hydrogen) atoms. The molecule has 3 aliphatic rings. The third-order valence-corrected chi connectivity index (χ3v) is 10.9. The second kappa shape index (κ2) is 13.1. The van der Waals surface area contributed by atoms with E-state index in [1.54, 1.807) is 0 Å². The summed E-state index contributed by atoms with van der Waals surface area (Å²) < 4.78 is 0. The number of rotatable bonds is 5. The molecule has 3 fully saturated rings. The number of nitriles is 1. The number of aryl methyl sites for hydroxylation is 2. The van der Waals surface area contributed by atoms with Crippen molar-refractivity contribution >= 4 is 22.8 Å². The van der Waals surface area contributed by atoms with E-state index in [-0.39, 0.29) is 11.8 Å². The van der Waals surface area contributed by atoms with Gasteiger partial charge < -0.3 is 19.7 Å². The van der Waals surface area contributed by atoms with Gasteiger partial charge in [-0.05, 0) is 118 Å². The summed E-state index contributed by atoms with van der Waals surface area (Å²) in [6.45, 7) is 13.5. The summed E-state index contributed by atoms with van der Waals surface area (Å²) in [6, 6.07) is 17.6. The first-order valence-electron chi connectivity index (χ1n) is 17.6. The molecule has 3 saturated heterocycles. The Morgan fingerprint density at radius 2 is 1.56 bits per heavy atom. The van der Waals surface area contributed by atoms with E-state index in [0.29, 0.717) is 5.92 Å². The molecule has 2 atom stereocenters. The average Bonchev–Trinajstić information content (AvgIpc) is 3.87. The van der Waals surface area contributed by atoms with Gasteiger partial charge in [-0.25, -0.2) is 0 Å². The van der Waals surface area contributed by atoms with Crippen LogP contribution >= 0.6 is 0 Å². The highest BCUT2D eigenvalue weighted by atomic mass is 16.2. The molecule has 2 unspecified atom stereocenters. The van der Waals surface area contributed by atoms with Crippen molar-refractivity contribution < 1.29 is 4.79 Å². The number of aromatic amines is 1. The van der Waals surface area contributed by atoms with Gasteiger partial charge in [-0.1, -0.05) is 23.3 Å². The maximum Gasteiger partial charge on any atom is 0.232 e. The highest BCUT2D eigenvalue weighted by molar-refractivity contribution is 5.95. The molecular weight excluding hydrogens is 594 g/mol. The average molecular weight is 642 g/mol. The lowest BCUT2D eigenvalue weighted by atomic mass is 9.81. The number of carbonyl (C=O) groups excluding carboxylic acids is 1. The number of hydrogen-bond acceptors (Lipinski definition) is 4. The second-order valence-electron chi connectivity index (χ2n) is 14.7. The van der Waals surface area contributed by atoms with Gasteiger partial charge in [-0.3, -0.25) is 9.78 Å². The van der Waals surface area contributed by atoms with E-state index in [1.807, 2.05) is 17.3 Å². The first-order chi connectivity index (χ1) is 23.2. The van der Waals surface area contributed by atoms with Gasteiger partial charge in [0.15, 0.2) is 0 Å². The predicted molar refractivity (Wildman–Crippen MR) is 192 cm³/mol. The number of aliphatic imine (C=N–C) groups is 1. The molecule has 2 aromatic heterocycles. The molecule has 1 amide bonds. The number of piperidine rings is 1. The van der Waals surface area contributed by atoms with Crippen molar-refractivity contribution in [2.75, 3.05) is 39.3 Å². The van der Waals surface area contributed by atoms with Gasteiger partial charge in [-0.2, -0.15) is 5.26 Å².